The van der Waals surface area contributed by atoms with Gasteiger partial charge in [0.25, 0.3) is 0 Å². The fourth-order valence-corrected chi connectivity index (χ4v) is 2.87. The number of carboxylic acid groups (broad SMARTS) is 1. The molecular weight excluding hydrogens is 262 g/mol. The molecule has 0 aromatic heterocycles. The van der Waals surface area contributed by atoms with Crippen LogP contribution in [-0.4, -0.2) is 29.1 Å². The average molecular weight is 281 g/mol. The first-order valence-corrected chi connectivity index (χ1v) is 7.32. The number of benzene rings is 2. The van der Waals surface area contributed by atoms with Crippen molar-refractivity contribution < 1.29 is 9.90 Å². The Morgan fingerprint density at radius 2 is 1.71 bits per heavy atom. The fourth-order valence-electron chi connectivity index (χ4n) is 2.87. The van der Waals surface area contributed by atoms with Gasteiger partial charge < -0.3 is 5.11 Å². The molecule has 2 aromatic carbocycles. The lowest BCUT2D eigenvalue weighted by atomic mass is 10.0. The molecule has 0 spiro atoms. The average Bonchev–Trinajstić information content (AvgIpc) is 2.98. The van der Waals surface area contributed by atoms with Gasteiger partial charge in [0.1, 0.15) is 0 Å². The second-order valence-corrected chi connectivity index (χ2v) is 5.62. The van der Waals surface area contributed by atoms with Crippen molar-refractivity contribution in [3.63, 3.8) is 0 Å². The standard InChI is InChI=1S/C18H19NO2/c20-18(21)17-10-11-19(13-17)12-14-6-8-16(9-7-14)15-4-2-1-3-5-15/h1-9,17H,10-13H2,(H,20,21)/t17-/m1/s1. The Bertz CT molecular complexity index is 607. The van der Waals surface area contributed by atoms with Crippen LogP contribution in [-0.2, 0) is 11.3 Å². The van der Waals surface area contributed by atoms with Crippen molar-refractivity contribution in [2.24, 2.45) is 5.92 Å². The number of rotatable bonds is 4. The first-order chi connectivity index (χ1) is 10.2. The Labute approximate surface area is 124 Å². The number of aliphatic carboxylic acids is 1. The van der Waals surface area contributed by atoms with Crippen LogP contribution in [0.3, 0.4) is 0 Å². The Kier molecular flexibility index (Phi) is 4.02. The molecule has 1 saturated heterocycles. The Balaban J connectivity index is 1.64. The summed E-state index contributed by atoms with van der Waals surface area (Å²) in [5, 5.41) is 9.03. The highest BCUT2D eigenvalue weighted by molar-refractivity contribution is 5.70. The second-order valence-electron chi connectivity index (χ2n) is 5.62. The first kappa shape index (κ1) is 13.8. The highest BCUT2D eigenvalue weighted by Gasteiger charge is 2.27. The fraction of sp³-hybridized carbons (Fsp3) is 0.278. The number of carboxylic acids is 1. The van der Waals surface area contributed by atoms with Gasteiger partial charge in [0.15, 0.2) is 0 Å². The summed E-state index contributed by atoms with van der Waals surface area (Å²) in [7, 11) is 0. The molecule has 0 amide bonds. The molecule has 3 rings (SSSR count). The van der Waals surface area contributed by atoms with E-state index in [4.69, 9.17) is 5.11 Å². The van der Waals surface area contributed by atoms with E-state index in [9.17, 15) is 4.79 Å². The number of carbonyl (C=O) groups is 1. The van der Waals surface area contributed by atoms with E-state index < -0.39 is 5.97 Å². The van der Waals surface area contributed by atoms with Gasteiger partial charge in [-0.2, -0.15) is 0 Å². The van der Waals surface area contributed by atoms with Gasteiger partial charge in [-0.05, 0) is 29.7 Å². The van der Waals surface area contributed by atoms with Crippen molar-refractivity contribution in [3.05, 3.63) is 60.2 Å². The maximum absolute atomic E-state index is 11.0. The summed E-state index contributed by atoms with van der Waals surface area (Å²) >= 11 is 0. The zero-order valence-corrected chi connectivity index (χ0v) is 11.9. The van der Waals surface area contributed by atoms with Gasteiger partial charge in [-0.3, -0.25) is 9.69 Å². The SMILES string of the molecule is O=C(O)[C@@H]1CCN(Cc2ccc(-c3ccccc3)cc2)C1. The summed E-state index contributed by atoms with van der Waals surface area (Å²) < 4.78 is 0. The number of hydrogen-bond donors (Lipinski definition) is 1. The predicted octanol–water partition coefficient (Wildman–Crippen LogP) is 3.26. The maximum atomic E-state index is 11.0. The molecule has 0 unspecified atom stereocenters. The van der Waals surface area contributed by atoms with Gasteiger partial charge in [-0.1, -0.05) is 54.6 Å². The normalized spacial score (nSPS) is 18.8. The lowest BCUT2D eigenvalue weighted by Crippen LogP contribution is -2.22. The van der Waals surface area contributed by atoms with Crippen molar-refractivity contribution in [1.29, 1.82) is 0 Å². The topological polar surface area (TPSA) is 40.5 Å². The van der Waals surface area contributed by atoms with Gasteiger partial charge >= 0.3 is 5.97 Å². The minimum absolute atomic E-state index is 0.200. The summed E-state index contributed by atoms with van der Waals surface area (Å²) in [6.45, 7) is 2.37. The van der Waals surface area contributed by atoms with Crippen LogP contribution in [0.5, 0.6) is 0 Å². The Morgan fingerprint density at radius 1 is 1.05 bits per heavy atom. The zero-order valence-electron chi connectivity index (χ0n) is 11.9. The Morgan fingerprint density at radius 3 is 2.33 bits per heavy atom. The minimum Gasteiger partial charge on any atom is -0.481 e. The zero-order chi connectivity index (χ0) is 14.7. The van der Waals surface area contributed by atoms with Gasteiger partial charge in [0.2, 0.25) is 0 Å². The summed E-state index contributed by atoms with van der Waals surface area (Å²) in [6, 6.07) is 18.8. The highest BCUT2D eigenvalue weighted by atomic mass is 16.4. The van der Waals surface area contributed by atoms with E-state index in [-0.39, 0.29) is 5.92 Å². The van der Waals surface area contributed by atoms with E-state index in [1.165, 1.54) is 16.7 Å². The maximum Gasteiger partial charge on any atom is 0.307 e. The van der Waals surface area contributed by atoms with E-state index in [1.807, 2.05) is 18.2 Å². The molecule has 3 nitrogen and oxygen atoms in total. The number of nitrogens with zero attached hydrogens (tertiary/aromatic N) is 1. The molecule has 0 saturated carbocycles. The van der Waals surface area contributed by atoms with Gasteiger partial charge in [-0.25, -0.2) is 0 Å². The molecule has 1 atom stereocenters. The van der Waals surface area contributed by atoms with E-state index in [2.05, 4.69) is 41.3 Å². The number of likely N-dealkylation sites (tertiary alicyclic amines) is 1. The minimum atomic E-state index is -0.670. The van der Waals surface area contributed by atoms with Crippen molar-refractivity contribution in [3.8, 4) is 11.1 Å². The molecule has 0 aliphatic carbocycles. The third-order valence-electron chi connectivity index (χ3n) is 4.09. The largest absolute Gasteiger partial charge is 0.481 e. The molecule has 2 aromatic rings. The molecule has 3 heteroatoms. The molecule has 21 heavy (non-hydrogen) atoms. The van der Waals surface area contributed by atoms with Crippen LogP contribution in [0.1, 0.15) is 12.0 Å². The monoisotopic (exact) mass is 281 g/mol. The van der Waals surface area contributed by atoms with Crippen LogP contribution >= 0.6 is 0 Å². The van der Waals surface area contributed by atoms with E-state index in [1.54, 1.807) is 0 Å². The second kappa shape index (κ2) is 6.10. The highest BCUT2D eigenvalue weighted by Crippen LogP contribution is 2.22. The first-order valence-electron chi connectivity index (χ1n) is 7.32. The van der Waals surface area contributed by atoms with Crippen molar-refractivity contribution in [2.75, 3.05) is 13.1 Å². The molecule has 1 aliphatic rings. The smallest absolute Gasteiger partial charge is 0.307 e. The van der Waals surface area contributed by atoms with Crippen LogP contribution in [0.25, 0.3) is 11.1 Å². The Hall–Kier alpha value is -2.13. The van der Waals surface area contributed by atoms with Crippen LogP contribution in [0.4, 0.5) is 0 Å². The lowest BCUT2D eigenvalue weighted by molar-refractivity contribution is -0.141. The van der Waals surface area contributed by atoms with Crippen LogP contribution in [0, 0.1) is 5.92 Å². The van der Waals surface area contributed by atoms with E-state index in [0.717, 1.165) is 19.5 Å². The summed E-state index contributed by atoms with van der Waals surface area (Å²) in [5.41, 5.74) is 3.67. The number of hydrogen-bond acceptors (Lipinski definition) is 2. The van der Waals surface area contributed by atoms with Crippen LogP contribution in [0.2, 0.25) is 0 Å². The summed E-state index contributed by atoms with van der Waals surface area (Å²) in [5.74, 6) is -0.870. The molecule has 0 radical (unpaired) electrons. The van der Waals surface area contributed by atoms with E-state index >= 15 is 0 Å². The predicted molar refractivity (Wildman–Crippen MR) is 82.9 cm³/mol. The molecular formula is C18H19NO2. The van der Waals surface area contributed by atoms with Gasteiger partial charge in [0.05, 0.1) is 5.92 Å². The molecule has 108 valence electrons. The van der Waals surface area contributed by atoms with Crippen molar-refractivity contribution in [2.45, 2.75) is 13.0 Å². The van der Waals surface area contributed by atoms with Crippen molar-refractivity contribution in [1.82, 2.24) is 4.90 Å². The third-order valence-corrected chi connectivity index (χ3v) is 4.09. The van der Waals surface area contributed by atoms with Crippen LogP contribution in [0.15, 0.2) is 54.6 Å². The van der Waals surface area contributed by atoms with Gasteiger partial charge in [-0.15, -0.1) is 0 Å². The molecule has 1 N–H and O–H groups in total. The van der Waals surface area contributed by atoms with Gasteiger partial charge in [0, 0.05) is 13.1 Å². The molecule has 1 aliphatic heterocycles. The van der Waals surface area contributed by atoms with Crippen LogP contribution < -0.4 is 0 Å². The summed E-state index contributed by atoms with van der Waals surface area (Å²) in [6.07, 6.45) is 0.761. The van der Waals surface area contributed by atoms with E-state index in [0.29, 0.717) is 6.54 Å². The quantitative estimate of drug-likeness (QED) is 0.935. The summed E-state index contributed by atoms with van der Waals surface area (Å²) in [4.78, 5) is 13.2. The molecule has 1 fully saturated rings. The lowest BCUT2D eigenvalue weighted by Gasteiger charge is -2.15. The third kappa shape index (κ3) is 3.31. The van der Waals surface area contributed by atoms with Crippen molar-refractivity contribution >= 4 is 5.97 Å². The molecule has 0 bridgehead atoms. The molecule has 1 heterocycles.